The smallest absolute Gasteiger partial charge is 0.000740 e. The van der Waals surface area contributed by atoms with Gasteiger partial charge in [0.1, 0.15) is 0 Å². The van der Waals surface area contributed by atoms with Crippen LogP contribution >= 0.6 is 0 Å². The van der Waals surface area contributed by atoms with Crippen LogP contribution in [0.15, 0.2) is 146 Å². The van der Waals surface area contributed by atoms with Crippen LogP contribution in [0.25, 0.3) is 121 Å². The third-order valence-electron chi connectivity index (χ3n) is 19.5. The highest BCUT2D eigenvalue weighted by Crippen LogP contribution is 2.65. The van der Waals surface area contributed by atoms with E-state index in [-0.39, 0.29) is 43.3 Å². The lowest BCUT2D eigenvalue weighted by Gasteiger charge is -2.29. The van der Waals surface area contributed by atoms with E-state index in [2.05, 4.69) is 312 Å². The van der Waals surface area contributed by atoms with E-state index in [0.717, 1.165) is 0 Å². The van der Waals surface area contributed by atoms with Crippen molar-refractivity contribution in [1.82, 2.24) is 0 Å². The second-order valence-corrected chi connectivity index (χ2v) is 34.4. The van der Waals surface area contributed by atoms with Crippen molar-refractivity contribution in [2.45, 2.75) is 209 Å². The van der Waals surface area contributed by atoms with Crippen molar-refractivity contribution in [3.63, 3.8) is 0 Å². The van der Waals surface area contributed by atoms with Crippen molar-refractivity contribution in [2.24, 2.45) is 0 Å². The lowest BCUT2D eigenvalue weighted by Crippen LogP contribution is -2.17. The van der Waals surface area contributed by atoms with Gasteiger partial charge >= 0.3 is 0 Å². The van der Waals surface area contributed by atoms with E-state index in [1.54, 1.807) is 0 Å². The molecule has 0 spiro atoms. The molecule has 0 saturated carbocycles. The largest absolute Gasteiger partial charge is 0.0616 e. The molecule has 0 bridgehead atoms. The molecule has 0 saturated heterocycles. The average Bonchev–Trinajstić information content (AvgIpc) is 1.50. The Morgan fingerprint density at radius 1 is 0.174 bits per heavy atom. The van der Waals surface area contributed by atoms with Crippen LogP contribution in [0.1, 0.15) is 211 Å². The van der Waals surface area contributed by atoms with Gasteiger partial charge in [-0.15, -0.1) is 0 Å². The van der Waals surface area contributed by atoms with Gasteiger partial charge in [0.25, 0.3) is 0 Å². The van der Waals surface area contributed by atoms with Crippen molar-refractivity contribution in [3.8, 4) is 89.0 Å². The molecule has 0 heterocycles. The molecule has 0 aromatic heterocycles. The minimum Gasteiger partial charge on any atom is -0.0616 e. The molecule has 0 radical (unpaired) electrons. The Kier molecular flexibility index (Phi) is 13.3. The topological polar surface area (TPSA) is 0 Å². The van der Waals surface area contributed by atoms with Crippen LogP contribution in [0.4, 0.5) is 0 Å². The van der Waals surface area contributed by atoms with E-state index in [0.29, 0.717) is 0 Å². The maximum absolute atomic E-state index is 2.56. The number of hydrogen-bond donors (Lipinski definition) is 0. The highest BCUT2D eigenvalue weighted by molar-refractivity contribution is 6.35. The number of benzene rings is 10. The molecule has 0 aliphatic heterocycles. The van der Waals surface area contributed by atoms with E-state index >= 15 is 0 Å². The first-order valence-corrected chi connectivity index (χ1v) is 32.2. The van der Waals surface area contributed by atoms with Crippen molar-refractivity contribution < 1.29 is 0 Å². The minimum atomic E-state index is -0.0674. The number of fused-ring (bicyclic) bond motifs is 8. The summed E-state index contributed by atoms with van der Waals surface area (Å²) in [7, 11) is 0. The van der Waals surface area contributed by atoms with E-state index in [9.17, 15) is 0 Å². The standard InChI is InChI=1S/C86H96/c1-79(2,3)53-37-49(38-54(45-53)80(4,5)6)69-61-29-25-26-30-62(61)70(50-39-55(81(7,8)9)46-56(40-50)82(10,11)12)76-66-35-36-68-74-67(34-33-65(73(66)74)75(69)76)77-71(51-41-57(83(13,14)15)47-58(42-51)84(16,17)18)63-31-27-28-32-64(63)72(78(68)77)52-43-59(85(19,20)21)48-60(44-52)86(22,23)24/h25-48H,1-24H3. The zero-order valence-corrected chi connectivity index (χ0v) is 56.9. The normalized spacial score (nSPS) is 13.8. The molecule has 0 nitrogen and oxygen atoms in total. The summed E-state index contributed by atoms with van der Waals surface area (Å²) in [5.74, 6) is 0. The van der Waals surface area contributed by atoms with Gasteiger partial charge in [-0.1, -0.05) is 312 Å². The quantitative estimate of drug-likeness (QED) is 0.165. The summed E-state index contributed by atoms with van der Waals surface area (Å²) in [5.41, 5.74) is 31.6. The average molecular weight is 1130 g/mol. The first-order chi connectivity index (χ1) is 39.7. The zero-order valence-electron chi connectivity index (χ0n) is 56.9. The van der Waals surface area contributed by atoms with Gasteiger partial charge in [0.05, 0.1) is 0 Å². The summed E-state index contributed by atoms with van der Waals surface area (Å²) >= 11 is 0. The van der Waals surface area contributed by atoms with Crippen LogP contribution < -0.4 is 0 Å². The van der Waals surface area contributed by atoms with Gasteiger partial charge in [-0.2, -0.15) is 0 Å². The Hall–Kier alpha value is -7.02. The van der Waals surface area contributed by atoms with Crippen molar-refractivity contribution in [3.05, 3.63) is 190 Å². The van der Waals surface area contributed by atoms with Crippen molar-refractivity contribution in [2.75, 3.05) is 0 Å². The summed E-state index contributed by atoms with van der Waals surface area (Å²) in [6.45, 7) is 57.1. The van der Waals surface area contributed by atoms with E-state index < -0.39 is 0 Å². The lowest BCUT2D eigenvalue weighted by molar-refractivity contribution is 0.568. The zero-order chi connectivity index (χ0) is 62.3. The highest BCUT2D eigenvalue weighted by Gasteiger charge is 2.39. The van der Waals surface area contributed by atoms with Crippen LogP contribution in [0.2, 0.25) is 0 Å². The molecule has 12 rings (SSSR count). The van der Waals surface area contributed by atoms with Crippen LogP contribution in [0, 0.1) is 0 Å². The third kappa shape index (κ3) is 9.80. The summed E-state index contributed by atoms with van der Waals surface area (Å²) < 4.78 is 0. The second kappa shape index (κ2) is 19.2. The Balaban J connectivity index is 1.30. The molecule has 0 N–H and O–H groups in total. The molecule has 0 unspecified atom stereocenters. The van der Waals surface area contributed by atoms with Crippen LogP contribution in [-0.2, 0) is 43.3 Å². The molecule has 86 heavy (non-hydrogen) atoms. The predicted molar refractivity (Wildman–Crippen MR) is 379 cm³/mol. The second-order valence-electron chi connectivity index (χ2n) is 34.4. The van der Waals surface area contributed by atoms with Crippen LogP contribution in [0.3, 0.4) is 0 Å². The lowest BCUT2D eigenvalue weighted by atomic mass is 9.75. The third-order valence-corrected chi connectivity index (χ3v) is 19.5. The first-order valence-electron chi connectivity index (χ1n) is 32.2. The van der Waals surface area contributed by atoms with Gasteiger partial charge in [-0.3, -0.25) is 0 Å². The fourth-order valence-electron chi connectivity index (χ4n) is 14.0. The summed E-state index contributed by atoms with van der Waals surface area (Å²) in [5, 5.41) is 7.93. The summed E-state index contributed by atoms with van der Waals surface area (Å²) in [6.07, 6.45) is 0. The fraction of sp³-hybridized carbons (Fsp3) is 0.372. The van der Waals surface area contributed by atoms with E-state index in [1.807, 2.05) is 0 Å². The maximum Gasteiger partial charge on any atom is -0.000740 e. The molecule has 2 aliphatic carbocycles. The van der Waals surface area contributed by atoms with Gasteiger partial charge in [0.15, 0.2) is 0 Å². The maximum atomic E-state index is 2.56. The molecule has 10 aromatic carbocycles. The Morgan fingerprint density at radius 3 is 0.465 bits per heavy atom. The van der Waals surface area contributed by atoms with E-state index in [4.69, 9.17) is 0 Å². The number of rotatable bonds is 4. The van der Waals surface area contributed by atoms with Crippen LogP contribution in [0.5, 0.6) is 0 Å². The van der Waals surface area contributed by atoms with Crippen molar-refractivity contribution >= 4 is 32.3 Å². The van der Waals surface area contributed by atoms with Gasteiger partial charge in [0, 0.05) is 0 Å². The molecule has 440 valence electrons. The Bertz CT molecular complexity index is 3780. The Labute approximate surface area is 517 Å². The van der Waals surface area contributed by atoms with Gasteiger partial charge in [0.2, 0.25) is 0 Å². The SMILES string of the molecule is CC(C)(C)c1cc(-c2c3c(c(-c4cc(C(C)(C)C)cc(C(C)(C)C)c4)c4ccccc24)-c2ccc4c5c(ccc-3c25)-c2c-4c(-c3cc(C(C)(C)C)cc(C(C)(C)C)c3)c3ccccc3c2-c2cc(C(C)(C)C)cc(C(C)(C)C)c2)cc(C(C)(C)C)c1. The Morgan fingerprint density at radius 2 is 0.326 bits per heavy atom. The predicted octanol–water partition coefficient (Wildman–Crippen LogP) is 25.5. The summed E-state index contributed by atoms with van der Waals surface area (Å²) in [4.78, 5) is 0. The van der Waals surface area contributed by atoms with Gasteiger partial charge < -0.3 is 0 Å². The molecule has 2 aliphatic rings. The first kappa shape index (κ1) is 59.3. The summed E-state index contributed by atoms with van der Waals surface area (Å²) in [6, 6.07) is 59.4. The molecule has 0 heteroatoms. The fourth-order valence-corrected chi connectivity index (χ4v) is 14.0. The monoisotopic (exact) mass is 1130 g/mol. The van der Waals surface area contributed by atoms with Gasteiger partial charge in [-0.05, 0) is 209 Å². The van der Waals surface area contributed by atoms with Crippen molar-refractivity contribution in [1.29, 1.82) is 0 Å². The molecule has 10 aromatic rings. The van der Waals surface area contributed by atoms with E-state index in [1.165, 1.54) is 166 Å². The molecular weight excluding hydrogens is 1030 g/mol. The molecule has 0 fully saturated rings. The number of hydrogen-bond acceptors (Lipinski definition) is 0. The highest BCUT2D eigenvalue weighted by atomic mass is 14.4. The molecule has 0 amide bonds. The van der Waals surface area contributed by atoms with Gasteiger partial charge in [-0.25, -0.2) is 0 Å². The molecule has 0 atom stereocenters. The minimum absolute atomic E-state index is 0.0674. The van der Waals surface area contributed by atoms with Crippen LogP contribution in [-0.4, -0.2) is 0 Å². The molecular formula is C86H96.